The standard InChI is InChI=1S/C16H30N4O4/c1-3-5-9-17-13(21)15(23)19-11-7-8-12-20-16(24)14(22)18-10-6-4-2/h3-12H2,1-2H3,(H,17,21)(H,18,22)(H,19,23)(H,20,24). The molecule has 0 bridgehead atoms. The molecule has 0 aromatic carbocycles. The van der Waals surface area contributed by atoms with Gasteiger partial charge >= 0.3 is 23.6 Å². The van der Waals surface area contributed by atoms with Crippen LogP contribution in [0.4, 0.5) is 0 Å². The molecule has 0 aliphatic carbocycles. The van der Waals surface area contributed by atoms with Gasteiger partial charge in [-0.05, 0) is 25.7 Å². The van der Waals surface area contributed by atoms with Crippen LogP contribution in [0.5, 0.6) is 0 Å². The van der Waals surface area contributed by atoms with Gasteiger partial charge < -0.3 is 21.3 Å². The molecule has 0 saturated heterocycles. The summed E-state index contributed by atoms with van der Waals surface area (Å²) in [5.74, 6) is -2.54. The van der Waals surface area contributed by atoms with Crippen LogP contribution in [-0.2, 0) is 19.2 Å². The van der Waals surface area contributed by atoms with Crippen LogP contribution in [0, 0.1) is 0 Å². The van der Waals surface area contributed by atoms with Crippen molar-refractivity contribution in [2.24, 2.45) is 0 Å². The van der Waals surface area contributed by atoms with Crippen molar-refractivity contribution in [1.29, 1.82) is 0 Å². The number of unbranched alkanes of at least 4 members (excludes halogenated alkanes) is 3. The zero-order valence-electron chi connectivity index (χ0n) is 14.7. The molecule has 0 rings (SSSR count). The summed E-state index contributed by atoms with van der Waals surface area (Å²) in [5, 5.41) is 10.1. The Kier molecular flexibility index (Phi) is 13.2. The minimum absolute atomic E-state index is 0.346. The summed E-state index contributed by atoms with van der Waals surface area (Å²) >= 11 is 0. The van der Waals surface area contributed by atoms with Gasteiger partial charge in [-0.25, -0.2) is 0 Å². The molecular formula is C16H30N4O4. The second-order valence-corrected chi connectivity index (χ2v) is 5.44. The van der Waals surface area contributed by atoms with Gasteiger partial charge in [0.15, 0.2) is 0 Å². The van der Waals surface area contributed by atoms with Gasteiger partial charge in [-0.3, -0.25) is 19.2 Å². The zero-order chi connectivity index (χ0) is 18.2. The van der Waals surface area contributed by atoms with E-state index in [-0.39, 0.29) is 0 Å². The maximum absolute atomic E-state index is 11.4. The van der Waals surface area contributed by atoms with E-state index in [4.69, 9.17) is 0 Å². The van der Waals surface area contributed by atoms with E-state index in [9.17, 15) is 19.2 Å². The Balaban J connectivity index is 3.62. The molecule has 0 heterocycles. The summed E-state index contributed by atoms with van der Waals surface area (Å²) in [6.07, 6.45) is 4.78. The fraction of sp³-hybridized carbons (Fsp3) is 0.750. The van der Waals surface area contributed by atoms with Crippen LogP contribution in [0.3, 0.4) is 0 Å². The maximum Gasteiger partial charge on any atom is 0.309 e. The van der Waals surface area contributed by atoms with Gasteiger partial charge in [0, 0.05) is 26.2 Å². The molecule has 8 heteroatoms. The molecule has 0 saturated carbocycles. The van der Waals surface area contributed by atoms with E-state index in [1.807, 2.05) is 13.8 Å². The highest BCUT2D eigenvalue weighted by atomic mass is 16.2. The molecule has 0 atom stereocenters. The Labute approximate surface area is 143 Å². The highest BCUT2D eigenvalue weighted by molar-refractivity contribution is 6.35. The van der Waals surface area contributed by atoms with E-state index < -0.39 is 23.6 Å². The highest BCUT2D eigenvalue weighted by Crippen LogP contribution is 1.87. The van der Waals surface area contributed by atoms with Crippen molar-refractivity contribution >= 4 is 23.6 Å². The lowest BCUT2D eigenvalue weighted by atomic mass is 10.3. The molecule has 0 aromatic heterocycles. The number of rotatable bonds is 11. The van der Waals surface area contributed by atoms with Crippen molar-refractivity contribution in [3.63, 3.8) is 0 Å². The minimum Gasteiger partial charge on any atom is -0.348 e. The van der Waals surface area contributed by atoms with Crippen LogP contribution in [0.1, 0.15) is 52.4 Å². The smallest absolute Gasteiger partial charge is 0.309 e. The van der Waals surface area contributed by atoms with E-state index in [2.05, 4.69) is 21.3 Å². The average molecular weight is 342 g/mol. The topological polar surface area (TPSA) is 116 Å². The van der Waals surface area contributed by atoms with Crippen LogP contribution in [0.15, 0.2) is 0 Å². The van der Waals surface area contributed by atoms with Crippen LogP contribution in [0.2, 0.25) is 0 Å². The lowest BCUT2D eigenvalue weighted by Gasteiger charge is -2.07. The molecular weight excluding hydrogens is 312 g/mol. The minimum atomic E-state index is -0.648. The van der Waals surface area contributed by atoms with Crippen molar-refractivity contribution in [1.82, 2.24) is 21.3 Å². The van der Waals surface area contributed by atoms with E-state index in [0.717, 1.165) is 25.7 Å². The van der Waals surface area contributed by atoms with Gasteiger partial charge in [-0.15, -0.1) is 0 Å². The van der Waals surface area contributed by atoms with Gasteiger partial charge in [0.25, 0.3) is 0 Å². The Morgan fingerprint density at radius 3 is 1.00 bits per heavy atom. The first kappa shape index (κ1) is 21.9. The maximum atomic E-state index is 11.4. The quantitative estimate of drug-likeness (QED) is 0.308. The van der Waals surface area contributed by atoms with Crippen LogP contribution >= 0.6 is 0 Å². The molecule has 24 heavy (non-hydrogen) atoms. The fourth-order valence-electron chi connectivity index (χ4n) is 1.73. The molecule has 0 radical (unpaired) electrons. The van der Waals surface area contributed by atoms with Crippen molar-refractivity contribution in [3.05, 3.63) is 0 Å². The molecule has 0 spiro atoms. The van der Waals surface area contributed by atoms with Crippen LogP contribution in [0.25, 0.3) is 0 Å². The lowest BCUT2D eigenvalue weighted by Crippen LogP contribution is -2.41. The summed E-state index contributed by atoms with van der Waals surface area (Å²) in [7, 11) is 0. The largest absolute Gasteiger partial charge is 0.348 e. The normalized spacial score (nSPS) is 9.92. The van der Waals surface area contributed by atoms with Gasteiger partial charge in [-0.1, -0.05) is 26.7 Å². The van der Waals surface area contributed by atoms with E-state index >= 15 is 0 Å². The molecule has 8 nitrogen and oxygen atoms in total. The van der Waals surface area contributed by atoms with Gasteiger partial charge in [0.2, 0.25) is 0 Å². The third-order valence-electron chi connectivity index (χ3n) is 3.22. The second-order valence-electron chi connectivity index (χ2n) is 5.44. The highest BCUT2D eigenvalue weighted by Gasteiger charge is 2.12. The molecule has 0 fully saturated rings. The number of carbonyl (C=O) groups excluding carboxylic acids is 4. The molecule has 4 amide bonds. The van der Waals surface area contributed by atoms with Crippen LogP contribution in [-0.4, -0.2) is 49.8 Å². The Morgan fingerprint density at radius 1 is 0.500 bits per heavy atom. The predicted octanol–water partition coefficient (Wildman–Crippen LogP) is -0.168. The zero-order valence-corrected chi connectivity index (χ0v) is 14.7. The lowest BCUT2D eigenvalue weighted by molar-refractivity contribution is -0.139. The molecule has 0 unspecified atom stereocenters. The molecule has 0 aliphatic rings. The number of amides is 4. The number of hydrogen-bond donors (Lipinski definition) is 4. The summed E-state index contributed by atoms with van der Waals surface area (Å²) in [4.78, 5) is 45.7. The van der Waals surface area contributed by atoms with Crippen LogP contribution < -0.4 is 21.3 Å². The summed E-state index contributed by atoms with van der Waals surface area (Å²) in [5.41, 5.74) is 0. The monoisotopic (exact) mass is 342 g/mol. The first-order chi connectivity index (χ1) is 11.5. The van der Waals surface area contributed by atoms with Gasteiger partial charge in [0.05, 0.1) is 0 Å². The summed E-state index contributed by atoms with van der Waals surface area (Å²) < 4.78 is 0. The van der Waals surface area contributed by atoms with Gasteiger partial charge in [-0.2, -0.15) is 0 Å². The average Bonchev–Trinajstić information content (AvgIpc) is 2.57. The number of hydrogen-bond acceptors (Lipinski definition) is 4. The SMILES string of the molecule is CCCCNC(=O)C(=O)NCCCCNC(=O)C(=O)NCCCC. The van der Waals surface area contributed by atoms with E-state index in [0.29, 0.717) is 39.0 Å². The van der Waals surface area contributed by atoms with Crippen molar-refractivity contribution in [3.8, 4) is 0 Å². The van der Waals surface area contributed by atoms with Crippen molar-refractivity contribution in [2.75, 3.05) is 26.2 Å². The molecule has 0 aromatic rings. The first-order valence-corrected chi connectivity index (χ1v) is 8.64. The molecule has 138 valence electrons. The summed E-state index contributed by atoms with van der Waals surface area (Å²) in [6, 6.07) is 0. The third-order valence-corrected chi connectivity index (χ3v) is 3.22. The van der Waals surface area contributed by atoms with E-state index in [1.54, 1.807) is 0 Å². The third kappa shape index (κ3) is 11.4. The molecule has 0 aliphatic heterocycles. The second kappa shape index (κ2) is 14.5. The van der Waals surface area contributed by atoms with Crippen molar-refractivity contribution < 1.29 is 19.2 Å². The Bertz CT molecular complexity index is 375. The van der Waals surface area contributed by atoms with E-state index in [1.165, 1.54) is 0 Å². The number of carbonyl (C=O) groups is 4. The number of nitrogens with one attached hydrogen (secondary N) is 4. The molecule has 4 N–H and O–H groups in total. The van der Waals surface area contributed by atoms with Gasteiger partial charge in [0.1, 0.15) is 0 Å². The fourth-order valence-corrected chi connectivity index (χ4v) is 1.73. The first-order valence-electron chi connectivity index (χ1n) is 8.64. The summed E-state index contributed by atoms with van der Waals surface area (Å²) in [6.45, 7) is 5.68. The Hall–Kier alpha value is -2.12. The predicted molar refractivity (Wildman–Crippen MR) is 91.1 cm³/mol. The Morgan fingerprint density at radius 2 is 0.750 bits per heavy atom. The van der Waals surface area contributed by atoms with Crippen molar-refractivity contribution in [2.45, 2.75) is 52.4 Å².